The van der Waals surface area contributed by atoms with E-state index >= 15 is 0 Å². The number of aryl methyl sites for hydroxylation is 1. The van der Waals surface area contributed by atoms with Crippen LogP contribution in [0.25, 0.3) is 0 Å². The molecule has 1 fully saturated rings. The zero-order chi connectivity index (χ0) is 15.3. The molecule has 0 amide bonds. The van der Waals surface area contributed by atoms with Crippen molar-refractivity contribution in [3.05, 3.63) is 35.4 Å². The van der Waals surface area contributed by atoms with Crippen molar-refractivity contribution in [2.24, 2.45) is 0 Å². The molecular formula is C19H32N2. The van der Waals surface area contributed by atoms with Crippen LogP contribution in [0.5, 0.6) is 0 Å². The maximum Gasteiger partial charge on any atom is 0.0504 e. The summed E-state index contributed by atoms with van der Waals surface area (Å²) >= 11 is 0. The number of likely N-dealkylation sites (N-methyl/N-ethyl adjacent to an activating group) is 2. The van der Waals surface area contributed by atoms with Crippen molar-refractivity contribution >= 4 is 0 Å². The van der Waals surface area contributed by atoms with Crippen LogP contribution in [0.3, 0.4) is 0 Å². The van der Waals surface area contributed by atoms with Gasteiger partial charge < -0.3 is 10.2 Å². The summed E-state index contributed by atoms with van der Waals surface area (Å²) in [4.78, 5) is 2.48. The van der Waals surface area contributed by atoms with Gasteiger partial charge in [0, 0.05) is 5.54 Å². The van der Waals surface area contributed by atoms with Gasteiger partial charge in [0.1, 0.15) is 0 Å². The summed E-state index contributed by atoms with van der Waals surface area (Å²) in [6.45, 7) is 2.22. The first kappa shape index (κ1) is 16.5. The average Bonchev–Trinajstić information content (AvgIpc) is 2.76. The van der Waals surface area contributed by atoms with Gasteiger partial charge in [-0.1, -0.05) is 56.9 Å². The molecule has 1 unspecified atom stereocenters. The van der Waals surface area contributed by atoms with Crippen molar-refractivity contribution in [3.63, 3.8) is 0 Å². The smallest absolute Gasteiger partial charge is 0.0504 e. The van der Waals surface area contributed by atoms with Gasteiger partial charge in [-0.3, -0.25) is 0 Å². The predicted molar refractivity (Wildman–Crippen MR) is 91.7 cm³/mol. The van der Waals surface area contributed by atoms with Crippen molar-refractivity contribution in [1.29, 1.82) is 0 Å². The van der Waals surface area contributed by atoms with E-state index < -0.39 is 0 Å². The fourth-order valence-corrected chi connectivity index (χ4v) is 4.03. The average molecular weight is 288 g/mol. The van der Waals surface area contributed by atoms with Crippen molar-refractivity contribution in [1.82, 2.24) is 10.2 Å². The molecule has 1 N–H and O–H groups in total. The van der Waals surface area contributed by atoms with Gasteiger partial charge in [-0.2, -0.15) is 0 Å². The Labute approximate surface area is 130 Å². The number of nitrogens with zero attached hydrogens (tertiary/aromatic N) is 1. The highest BCUT2D eigenvalue weighted by atomic mass is 15.2. The Morgan fingerprint density at radius 2 is 1.62 bits per heavy atom. The minimum atomic E-state index is 0.249. The molecule has 0 heterocycles. The van der Waals surface area contributed by atoms with Crippen molar-refractivity contribution in [2.45, 2.75) is 63.5 Å². The van der Waals surface area contributed by atoms with E-state index in [-0.39, 0.29) is 5.54 Å². The lowest BCUT2D eigenvalue weighted by molar-refractivity contribution is 0.0834. The SMILES string of the molecule is CCc1ccc(C(NC)C2(N(C)C)CCCCCC2)cc1. The van der Waals surface area contributed by atoms with Crippen LogP contribution >= 0.6 is 0 Å². The number of hydrogen-bond acceptors (Lipinski definition) is 2. The molecule has 0 aromatic heterocycles. The fourth-order valence-electron chi connectivity index (χ4n) is 4.03. The molecule has 1 atom stereocenters. The fraction of sp³-hybridized carbons (Fsp3) is 0.684. The van der Waals surface area contributed by atoms with Gasteiger partial charge in [0.2, 0.25) is 0 Å². The zero-order valence-electron chi connectivity index (χ0n) is 14.3. The summed E-state index contributed by atoms with van der Waals surface area (Å²) in [7, 11) is 6.64. The van der Waals surface area contributed by atoms with Gasteiger partial charge >= 0.3 is 0 Å². The number of nitrogens with one attached hydrogen (secondary N) is 1. The monoisotopic (exact) mass is 288 g/mol. The van der Waals surface area contributed by atoms with Crippen LogP contribution in [0.15, 0.2) is 24.3 Å². The Bertz CT molecular complexity index is 414. The Hall–Kier alpha value is -0.860. The number of benzene rings is 1. The molecule has 1 aliphatic rings. The van der Waals surface area contributed by atoms with E-state index in [1.54, 1.807) is 0 Å². The maximum absolute atomic E-state index is 3.63. The zero-order valence-corrected chi connectivity index (χ0v) is 14.3. The normalized spacial score (nSPS) is 20.2. The lowest BCUT2D eigenvalue weighted by atomic mass is 9.78. The molecule has 1 saturated carbocycles. The summed E-state index contributed by atoms with van der Waals surface area (Å²) < 4.78 is 0. The summed E-state index contributed by atoms with van der Waals surface area (Å²) in [6.07, 6.45) is 9.18. The van der Waals surface area contributed by atoms with Gasteiger partial charge in [-0.25, -0.2) is 0 Å². The van der Waals surface area contributed by atoms with E-state index in [0.29, 0.717) is 6.04 Å². The van der Waals surface area contributed by atoms with Gasteiger partial charge in [-0.05, 0) is 51.5 Å². The highest BCUT2D eigenvalue weighted by molar-refractivity contribution is 5.28. The second kappa shape index (κ2) is 7.42. The van der Waals surface area contributed by atoms with E-state index in [9.17, 15) is 0 Å². The molecule has 0 bridgehead atoms. The van der Waals surface area contributed by atoms with E-state index in [4.69, 9.17) is 0 Å². The molecule has 2 heteroatoms. The van der Waals surface area contributed by atoms with Crippen LogP contribution in [0.1, 0.15) is 62.6 Å². The third-order valence-corrected chi connectivity index (χ3v) is 5.41. The van der Waals surface area contributed by atoms with Crippen molar-refractivity contribution < 1.29 is 0 Å². The Kier molecular flexibility index (Phi) is 5.83. The summed E-state index contributed by atoms with van der Waals surface area (Å²) in [5, 5.41) is 3.63. The summed E-state index contributed by atoms with van der Waals surface area (Å²) in [5.74, 6) is 0. The number of hydrogen-bond donors (Lipinski definition) is 1. The lowest BCUT2D eigenvalue weighted by Gasteiger charge is -2.46. The minimum absolute atomic E-state index is 0.249. The Balaban J connectivity index is 2.34. The van der Waals surface area contributed by atoms with E-state index in [1.165, 1.54) is 49.7 Å². The second-order valence-electron chi connectivity index (χ2n) is 6.73. The highest BCUT2D eigenvalue weighted by Crippen LogP contribution is 2.40. The predicted octanol–water partition coefficient (Wildman–Crippen LogP) is 4.16. The molecule has 1 aliphatic carbocycles. The van der Waals surface area contributed by atoms with Crippen molar-refractivity contribution in [2.75, 3.05) is 21.1 Å². The summed E-state index contributed by atoms with van der Waals surface area (Å²) in [6, 6.07) is 9.66. The molecule has 1 aromatic carbocycles. The number of rotatable bonds is 5. The van der Waals surface area contributed by atoms with E-state index in [2.05, 4.69) is 62.5 Å². The Morgan fingerprint density at radius 1 is 1.05 bits per heavy atom. The molecule has 0 spiro atoms. The highest BCUT2D eigenvalue weighted by Gasteiger charge is 2.40. The molecule has 0 radical (unpaired) electrons. The first-order valence-electron chi connectivity index (χ1n) is 8.57. The largest absolute Gasteiger partial charge is 0.311 e. The van der Waals surface area contributed by atoms with Gasteiger partial charge in [0.15, 0.2) is 0 Å². The van der Waals surface area contributed by atoms with Crippen LogP contribution in [0, 0.1) is 0 Å². The van der Waals surface area contributed by atoms with Gasteiger partial charge in [0.25, 0.3) is 0 Å². The molecular weight excluding hydrogens is 256 g/mol. The first-order valence-corrected chi connectivity index (χ1v) is 8.57. The van der Waals surface area contributed by atoms with Crippen LogP contribution < -0.4 is 5.32 Å². The lowest BCUT2D eigenvalue weighted by Crippen LogP contribution is -2.52. The minimum Gasteiger partial charge on any atom is -0.311 e. The second-order valence-corrected chi connectivity index (χ2v) is 6.73. The summed E-state index contributed by atoms with van der Waals surface area (Å²) in [5.41, 5.74) is 3.11. The Morgan fingerprint density at radius 3 is 2.05 bits per heavy atom. The molecule has 118 valence electrons. The molecule has 2 nitrogen and oxygen atoms in total. The molecule has 0 saturated heterocycles. The van der Waals surface area contributed by atoms with Crippen LogP contribution in [-0.2, 0) is 6.42 Å². The van der Waals surface area contributed by atoms with Gasteiger partial charge in [-0.15, -0.1) is 0 Å². The van der Waals surface area contributed by atoms with E-state index in [1.807, 2.05) is 0 Å². The van der Waals surface area contributed by atoms with E-state index in [0.717, 1.165) is 6.42 Å². The first-order chi connectivity index (χ1) is 10.1. The third-order valence-electron chi connectivity index (χ3n) is 5.41. The quantitative estimate of drug-likeness (QED) is 0.818. The molecule has 21 heavy (non-hydrogen) atoms. The molecule has 0 aliphatic heterocycles. The molecule has 1 aromatic rings. The standard InChI is InChI=1S/C19H32N2/c1-5-16-10-12-17(13-11-16)18(20-2)19(21(3)4)14-8-6-7-9-15-19/h10-13,18,20H,5-9,14-15H2,1-4H3. The topological polar surface area (TPSA) is 15.3 Å². The molecule has 2 rings (SSSR count). The van der Waals surface area contributed by atoms with Gasteiger partial charge in [0.05, 0.1) is 6.04 Å². The van der Waals surface area contributed by atoms with Crippen LogP contribution in [0.2, 0.25) is 0 Å². The third kappa shape index (κ3) is 3.49. The maximum atomic E-state index is 3.63. The van der Waals surface area contributed by atoms with Crippen molar-refractivity contribution in [3.8, 4) is 0 Å². The van der Waals surface area contributed by atoms with Crippen LogP contribution in [0.4, 0.5) is 0 Å². The van der Waals surface area contributed by atoms with Crippen LogP contribution in [-0.4, -0.2) is 31.6 Å².